The van der Waals surface area contributed by atoms with Gasteiger partial charge in [-0.15, -0.1) is 0 Å². The van der Waals surface area contributed by atoms with E-state index in [4.69, 9.17) is 4.55 Å². The summed E-state index contributed by atoms with van der Waals surface area (Å²) in [7, 11) is -4.50. The molecule has 0 heterocycles. The quantitative estimate of drug-likeness (QED) is 0.693. The van der Waals surface area contributed by atoms with Gasteiger partial charge in [0.1, 0.15) is 0 Å². The van der Waals surface area contributed by atoms with Gasteiger partial charge >= 0.3 is 0 Å². The Bertz CT molecular complexity index is 380. The predicted octanol–water partition coefficient (Wildman–Crippen LogP) is 0.739. The third-order valence-corrected chi connectivity index (χ3v) is 3.05. The lowest BCUT2D eigenvalue weighted by molar-refractivity contribution is 0.132. The monoisotopic (exact) mass is 202 g/mol. The van der Waals surface area contributed by atoms with Crippen molar-refractivity contribution in [2.75, 3.05) is 0 Å². The average molecular weight is 202 g/mol. The largest absolute Gasteiger partial charge is 0.369 e. The number of aliphatic hydroxyl groups is 1. The molecule has 0 fully saturated rings. The molecule has 1 aromatic carbocycles. The molecule has 0 aliphatic rings. The van der Waals surface area contributed by atoms with Crippen LogP contribution in [0.4, 0.5) is 0 Å². The smallest absolute Gasteiger partial charge is 0.299 e. The van der Waals surface area contributed by atoms with Crippen LogP contribution in [-0.2, 0) is 15.1 Å². The molecule has 0 amide bonds. The van der Waals surface area contributed by atoms with Gasteiger partial charge in [0.05, 0.1) is 0 Å². The molecule has 0 spiro atoms. The molecule has 0 aliphatic heterocycles. The standard InChI is InChI=1S/C8H10O4S/c1-8(9,13(10,11)12)7-5-3-2-4-6-7/h2-6,9H,1H3,(H,10,11,12). The molecule has 0 saturated heterocycles. The molecule has 0 radical (unpaired) electrons. The summed E-state index contributed by atoms with van der Waals surface area (Å²) in [6.45, 7) is 1.03. The minimum atomic E-state index is -4.50. The molecule has 1 rings (SSSR count). The number of rotatable bonds is 2. The van der Waals surface area contributed by atoms with E-state index in [9.17, 15) is 13.5 Å². The first kappa shape index (κ1) is 10.2. The first-order chi connectivity index (χ1) is 5.86. The molecular weight excluding hydrogens is 192 g/mol. The van der Waals surface area contributed by atoms with Gasteiger partial charge in [0, 0.05) is 5.56 Å². The van der Waals surface area contributed by atoms with Crippen LogP contribution >= 0.6 is 0 Å². The molecule has 2 N–H and O–H groups in total. The summed E-state index contributed by atoms with van der Waals surface area (Å²) in [5.41, 5.74) is 0.137. The third kappa shape index (κ3) is 1.88. The van der Waals surface area contributed by atoms with Gasteiger partial charge < -0.3 is 5.11 Å². The molecule has 72 valence electrons. The summed E-state index contributed by atoms with van der Waals surface area (Å²) in [5, 5.41) is 9.48. The third-order valence-electron chi connectivity index (χ3n) is 1.81. The van der Waals surface area contributed by atoms with E-state index >= 15 is 0 Å². The normalized spacial score (nSPS) is 16.5. The molecule has 5 heteroatoms. The summed E-state index contributed by atoms with van der Waals surface area (Å²) in [6.07, 6.45) is 0. The lowest BCUT2D eigenvalue weighted by atomic mass is 10.1. The Kier molecular flexibility index (Phi) is 2.42. The Hall–Kier alpha value is -0.910. The van der Waals surface area contributed by atoms with Crippen molar-refractivity contribution in [2.45, 2.75) is 11.9 Å². The van der Waals surface area contributed by atoms with E-state index < -0.39 is 15.1 Å². The molecule has 13 heavy (non-hydrogen) atoms. The Labute approximate surface area is 76.6 Å². The van der Waals surface area contributed by atoms with Crippen LogP contribution in [0.5, 0.6) is 0 Å². The van der Waals surface area contributed by atoms with Crippen LogP contribution in [0.2, 0.25) is 0 Å². The van der Waals surface area contributed by atoms with E-state index in [-0.39, 0.29) is 5.56 Å². The van der Waals surface area contributed by atoms with Gasteiger partial charge in [0.2, 0.25) is 4.93 Å². The maximum absolute atomic E-state index is 10.8. The van der Waals surface area contributed by atoms with Crippen molar-refractivity contribution < 1.29 is 18.1 Å². The topological polar surface area (TPSA) is 74.6 Å². The fraction of sp³-hybridized carbons (Fsp3) is 0.250. The van der Waals surface area contributed by atoms with Crippen molar-refractivity contribution >= 4 is 10.1 Å². The SMILES string of the molecule is CC(O)(c1ccccc1)S(=O)(=O)O. The van der Waals surface area contributed by atoms with E-state index in [0.29, 0.717) is 0 Å². The molecule has 0 bridgehead atoms. The molecule has 1 atom stereocenters. The van der Waals surface area contributed by atoms with Crippen LogP contribution in [0.1, 0.15) is 12.5 Å². The summed E-state index contributed by atoms with van der Waals surface area (Å²) in [5.74, 6) is 0. The van der Waals surface area contributed by atoms with E-state index in [0.717, 1.165) is 6.92 Å². The highest BCUT2D eigenvalue weighted by molar-refractivity contribution is 7.86. The van der Waals surface area contributed by atoms with Crippen LogP contribution in [0.15, 0.2) is 30.3 Å². The average Bonchev–Trinajstić information content (AvgIpc) is 2.04. The number of hydrogen-bond donors (Lipinski definition) is 2. The van der Waals surface area contributed by atoms with Crippen molar-refractivity contribution in [3.8, 4) is 0 Å². The minimum absolute atomic E-state index is 0.137. The zero-order valence-electron chi connectivity index (χ0n) is 7.01. The second kappa shape index (κ2) is 3.10. The lowest BCUT2D eigenvalue weighted by Gasteiger charge is -2.19. The minimum Gasteiger partial charge on any atom is -0.369 e. The highest BCUT2D eigenvalue weighted by atomic mass is 32.2. The van der Waals surface area contributed by atoms with Crippen molar-refractivity contribution in [2.24, 2.45) is 0 Å². The fourth-order valence-corrected chi connectivity index (χ4v) is 1.33. The van der Waals surface area contributed by atoms with Gasteiger partial charge in [-0.05, 0) is 6.92 Å². The van der Waals surface area contributed by atoms with Crippen LogP contribution in [0, 0.1) is 0 Å². The predicted molar refractivity (Wildman–Crippen MR) is 47.6 cm³/mol. The first-order valence-electron chi connectivity index (χ1n) is 3.60. The van der Waals surface area contributed by atoms with E-state index in [1.165, 1.54) is 12.1 Å². The Morgan fingerprint density at radius 3 is 2.08 bits per heavy atom. The van der Waals surface area contributed by atoms with E-state index in [2.05, 4.69) is 0 Å². The molecular formula is C8H10O4S. The highest BCUT2D eigenvalue weighted by Gasteiger charge is 2.36. The van der Waals surface area contributed by atoms with Crippen LogP contribution in [0.25, 0.3) is 0 Å². The fourth-order valence-electron chi connectivity index (χ4n) is 0.896. The zero-order valence-corrected chi connectivity index (χ0v) is 7.82. The zero-order chi connectivity index (χ0) is 10.1. The second-order valence-corrected chi connectivity index (χ2v) is 4.57. The van der Waals surface area contributed by atoms with Gasteiger partial charge in [0.15, 0.2) is 0 Å². The van der Waals surface area contributed by atoms with Gasteiger partial charge in [-0.3, -0.25) is 4.55 Å². The Morgan fingerprint density at radius 1 is 1.23 bits per heavy atom. The molecule has 1 aromatic rings. The van der Waals surface area contributed by atoms with Crippen molar-refractivity contribution in [1.29, 1.82) is 0 Å². The molecule has 1 unspecified atom stereocenters. The lowest BCUT2D eigenvalue weighted by Crippen LogP contribution is -2.31. The van der Waals surface area contributed by atoms with Gasteiger partial charge in [0.25, 0.3) is 10.1 Å². The van der Waals surface area contributed by atoms with E-state index in [1.807, 2.05) is 0 Å². The van der Waals surface area contributed by atoms with E-state index in [1.54, 1.807) is 18.2 Å². The number of benzene rings is 1. The maximum Gasteiger partial charge on any atom is 0.299 e. The van der Waals surface area contributed by atoms with Gasteiger partial charge in [-0.25, -0.2) is 0 Å². The Morgan fingerprint density at radius 2 is 1.69 bits per heavy atom. The van der Waals surface area contributed by atoms with Crippen LogP contribution < -0.4 is 0 Å². The molecule has 0 saturated carbocycles. The summed E-state index contributed by atoms with van der Waals surface area (Å²) < 4.78 is 30.2. The van der Waals surface area contributed by atoms with Crippen molar-refractivity contribution in [1.82, 2.24) is 0 Å². The van der Waals surface area contributed by atoms with Crippen molar-refractivity contribution in [3.63, 3.8) is 0 Å². The van der Waals surface area contributed by atoms with Gasteiger partial charge in [-0.1, -0.05) is 30.3 Å². The summed E-state index contributed by atoms with van der Waals surface area (Å²) >= 11 is 0. The van der Waals surface area contributed by atoms with Crippen LogP contribution in [-0.4, -0.2) is 18.1 Å². The second-order valence-electron chi connectivity index (χ2n) is 2.82. The Balaban J connectivity index is 3.24. The molecule has 4 nitrogen and oxygen atoms in total. The van der Waals surface area contributed by atoms with Crippen molar-refractivity contribution in [3.05, 3.63) is 35.9 Å². The first-order valence-corrected chi connectivity index (χ1v) is 5.04. The summed E-state index contributed by atoms with van der Waals surface area (Å²) in [6, 6.07) is 7.69. The maximum atomic E-state index is 10.8. The summed E-state index contributed by atoms with van der Waals surface area (Å²) in [4.78, 5) is -2.24. The van der Waals surface area contributed by atoms with Crippen LogP contribution in [0.3, 0.4) is 0 Å². The number of hydrogen-bond acceptors (Lipinski definition) is 3. The van der Waals surface area contributed by atoms with Gasteiger partial charge in [-0.2, -0.15) is 8.42 Å². The molecule has 0 aliphatic carbocycles. The molecule has 0 aromatic heterocycles. The highest BCUT2D eigenvalue weighted by Crippen LogP contribution is 2.25.